The van der Waals surface area contributed by atoms with Crippen LogP contribution in [0, 0.1) is 11.6 Å². The first-order valence-corrected chi connectivity index (χ1v) is 12.7. The second kappa shape index (κ2) is 10.5. The van der Waals surface area contributed by atoms with Gasteiger partial charge in [-0.25, -0.2) is 8.78 Å². The zero-order valence-electron chi connectivity index (χ0n) is 21.0. The third kappa shape index (κ3) is 5.16. The summed E-state index contributed by atoms with van der Waals surface area (Å²) in [5, 5.41) is 3.09. The van der Waals surface area contributed by atoms with Crippen LogP contribution >= 0.6 is 0 Å². The van der Waals surface area contributed by atoms with E-state index in [1.165, 1.54) is 24.3 Å². The molecule has 6 nitrogen and oxygen atoms in total. The average molecular weight is 508 g/mol. The number of likely N-dealkylation sites (tertiary alicyclic amines) is 2. The van der Waals surface area contributed by atoms with E-state index in [2.05, 4.69) is 5.32 Å². The zero-order chi connectivity index (χ0) is 26.1. The van der Waals surface area contributed by atoms with Crippen molar-refractivity contribution in [2.75, 3.05) is 26.7 Å². The van der Waals surface area contributed by atoms with Gasteiger partial charge in [0.2, 0.25) is 5.91 Å². The van der Waals surface area contributed by atoms with E-state index in [1.807, 2.05) is 18.9 Å². The molecule has 5 rings (SSSR count). The van der Waals surface area contributed by atoms with Crippen molar-refractivity contribution in [1.29, 1.82) is 0 Å². The lowest BCUT2D eigenvalue weighted by Crippen LogP contribution is -2.47. The lowest BCUT2D eigenvalue weighted by atomic mass is 9.96. The number of carbonyl (C=O) groups is 2. The van der Waals surface area contributed by atoms with Crippen LogP contribution in [-0.2, 0) is 4.79 Å². The molecular weight excluding hydrogens is 476 g/mol. The second-order valence-corrected chi connectivity index (χ2v) is 9.99. The van der Waals surface area contributed by atoms with Gasteiger partial charge in [-0.2, -0.15) is 0 Å². The molecule has 0 spiro atoms. The number of nitrogens with one attached hydrogen (secondary N) is 1. The Kier molecular flexibility index (Phi) is 7.11. The summed E-state index contributed by atoms with van der Waals surface area (Å²) >= 11 is 0. The van der Waals surface area contributed by atoms with Crippen molar-refractivity contribution in [2.45, 2.75) is 43.7 Å². The average Bonchev–Trinajstić information content (AvgIpc) is 3.68. The molecule has 0 radical (unpaired) electrons. The van der Waals surface area contributed by atoms with Crippen LogP contribution in [0.1, 0.15) is 65.1 Å². The molecule has 194 valence electrons. The normalized spacial score (nSPS) is 22.4. The molecule has 2 saturated heterocycles. The van der Waals surface area contributed by atoms with Crippen LogP contribution in [-0.4, -0.2) is 54.3 Å². The number of nitrogens with zero attached hydrogens (tertiary/aromatic N) is 2. The minimum absolute atomic E-state index is 0.0579. The molecule has 2 aliphatic heterocycles. The van der Waals surface area contributed by atoms with Crippen LogP contribution in [0.25, 0.3) is 0 Å². The molecule has 3 aromatic rings. The predicted molar refractivity (Wildman–Crippen MR) is 135 cm³/mol. The Bertz CT molecular complexity index is 1260. The molecule has 1 N–H and O–H groups in total. The maximum atomic E-state index is 13.8. The Labute approximate surface area is 215 Å². The quantitative estimate of drug-likeness (QED) is 0.518. The zero-order valence-corrected chi connectivity index (χ0v) is 21.0. The highest BCUT2D eigenvalue weighted by atomic mass is 19.1. The Balaban J connectivity index is 1.37. The molecule has 0 aliphatic carbocycles. The number of carbonyl (C=O) groups excluding carboxylic acids is 2. The molecule has 37 heavy (non-hydrogen) atoms. The van der Waals surface area contributed by atoms with Crippen molar-refractivity contribution in [2.24, 2.45) is 0 Å². The number of amides is 2. The summed E-state index contributed by atoms with van der Waals surface area (Å²) in [6.45, 7) is 3.37. The van der Waals surface area contributed by atoms with Crippen molar-refractivity contribution in [3.8, 4) is 0 Å². The Hall–Kier alpha value is -3.52. The molecule has 2 aromatic carbocycles. The summed E-state index contributed by atoms with van der Waals surface area (Å²) in [7, 11) is 1.81. The predicted octanol–water partition coefficient (Wildman–Crippen LogP) is 4.85. The van der Waals surface area contributed by atoms with Crippen molar-refractivity contribution in [3.63, 3.8) is 0 Å². The smallest absolute Gasteiger partial charge is 0.290 e. The molecular formula is C29H31F2N3O3. The Morgan fingerprint density at radius 1 is 0.919 bits per heavy atom. The minimum atomic E-state index is -0.648. The molecule has 8 heteroatoms. The molecule has 0 bridgehead atoms. The van der Waals surface area contributed by atoms with E-state index in [0.29, 0.717) is 31.8 Å². The summed E-state index contributed by atoms with van der Waals surface area (Å²) in [5.41, 5.74) is 1.89. The van der Waals surface area contributed by atoms with Gasteiger partial charge in [0.1, 0.15) is 23.4 Å². The fraction of sp³-hybridized carbons (Fsp3) is 0.379. The highest BCUT2D eigenvalue weighted by Crippen LogP contribution is 2.36. The van der Waals surface area contributed by atoms with Crippen molar-refractivity contribution in [3.05, 3.63) is 94.9 Å². The van der Waals surface area contributed by atoms with Crippen LogP contribution in [0.4, 0.5) is 8.78 Å². The number of furan rings is 1. The van der Waals surface area contributed by atoms with E-state index in [9.17, 15) is 18.4 Å². The SMILES string of the molecule is CNC(C)c1ccc(C(=O)N2CC(c3ccc(F)cc3)CC2C(=O)N2CCC(c3ccc(F)cc3)C2)o1. The second-order valence-electron chi connectivity index (χ2n) is 9.99. The summed E-state index contributed by atoms with van der Waals surface area (Å²) in [5.74, 6) is -0.173. The van der Waals surface area contributed by atoms with Gasteiger partial charge >= 0.3 is 0 Å². The first-order chi connectivity index (χ1) is 17.8. The summed E-state index contributed by atoms with van der Waals surface area (Å²) < 4.78 is 32.8. The van der Waals surface area contributed by atoms with E-state index < -0.39 is 6.04 Å². The number of benzene rings is 2. The highest BCUT2D eigenvalue weighted by molar-refractivity contribution is 5.96. The van der Waals surface area contributed by atoms with E-state index in [0.717, 1.165) is 17.5 Å². The molecule has 4 unspecified atom stereocenters. The largest absolute Gasteiger partial charge is 0.454 e. The van der Waals surface area contributed by atoms with E-state index in [-0.39, 0.29) is 47.1 Å². The van der Waals surface area contributed by atoms with Gasteiger partial charge in [-0.1, -0.05) is 24.3 Å². The van der Waals surface area contributed by atoms with Crippen molar-refractivity contribution in [1.82, 2.24) is 15.1 Å². The van der Waals surface area contributed by atoms with Gasteiger partial charge in [0.25, 0.3) is 5.91 Å². The molecule has 2 aliphatic rings. The molecule has 2 amide bonds. The van der Waals surface area contributed by atoms with Gasteiger partial charge < -0.3 is 19.5 Å². The van der Waals surface area contributed by atoms with Crippen LogP contribution in [0.3, 0.4) is 0 Å². The monoisotopic (exact) mass is 507 g/mol. The van der Waals surface area contributed by atoms with Gasteiger partial charge in [0, 0.05) is 31.5 Å². The highest BCUT2D eigenvalue weighted by Gasteiger charge is 2.44. The standard InChI is InChI=1S/C29H31F2N3O3/c1-18(32-2)26-11-12-27(37-26)29(36)34-17-22(20-5-9-24(31)10-6-20)15-25(34)28(35)33-14-13-21(16-33)19-3-7-23(30)8-4-19/h3-12,18,21-22,25,32H,13-17H2,1-2H3. The number of rotatable bonds is 6. The van der Waals surface area contributed by atoms with Gasteiger partial charge in [-0.15, -0.1) is 0 Å². The van der Waals surface area contributed by atoms with E-state index in [4.69, 9.17) is 4.42 Å². The van der Waals surface area contributed by atoms with Crippen LogP contribution in [0.2, 0.25) is 0 Å². The van der Waals surface area contributed by atoms with Gasteiger partial charge in [-0.05, 0) is 74.3 Å². The number of hydrogen-bond donors (Lipinski definition) is 1. The first-order valence-electron chi connectivity index (χ1n) is 12.7. The third-order valence-corrected chi connectivity index (χ3v) is 7.73. The molecule has 2 fully saturated rings. The molecule has 0 saturated carbocycles. The fourth-order valence-corrected chi connectivity index (χ4v) is 5.43. The maximum absolute atomic E-state index is 13.8. The lowest BCUT2D eigenvalue weighted by molar-refractivity contribution is -0.134. The van der Waals surface area contributed by atoms with Crippen LogP contribution < -0.4 is 5.32 Å². The Morgan fingerprint density at radius 3 is 2.16 bits per heavy atom. The van der Waals surface area contributed by atoms with Crippen LogP contribution in [0.5, 0.6) is 0 Å². The molecule has 3 heterocycles. The Morgan fingerprint density at radius 2 is 1.54 bits per heavy atom. The molecule has 4 atom stereocenters. The van der Waals surface area contributed by atoms with Gasteiger partial charge in [-0.3, -0.25) is 9.59 Å². The minimum Gasteiger partial charge on any atom is -0.454 e. The lowest BCUT2D eigenvalue weighted by Gasteiger charge is -2.27. The topological polar surface area (TPSA) is 65.8 Å². The summed E-state index contributed by atoms with van der Waals surface area (Å²) in [4.78, 5) is 30.8. The number of halogens is 2. The first kappa shape index (κ1) is 25.1. The maximum Gasteiger partial charge on any atom is 0.290 e. The van der Waals surface area contributed by atoms with Crippen molar-refractivity contribution >= 4 is 11.8 Å². The van der Waals surface area contributed by atoms with Gasteiger partial charge in [0.05, 0.1) is 6.04 Å². The third-order valence-electron chi connectivity index (χ3n) is 7.73. The van der Waals surface area contributed by atoms with Crippen LogP contribution in [0.15, 0.2) is 65.1 Å². The molecule has 1 aromatic heterocycles. The summed E-state index contributed by atoms with van der Waals surface area (Å²) in [6, 6.07) is 15.4. The van der Waals surface area contributed by atoms with Crippen molar-refractivity contribution < 1.29 is 22.8 Å². The fourth-order valence-electron chi connectivity index (χ4n) is 5.43. The van der Waals surface area contributed by atoms with E-state index >= 15 is 0 Å². The summed E-state index contributed by atoms with van der Waals surface area (Å²) in [6.07, 6.45) is 1.23. The number of hydrogen-bond acceptors (Lipinski definition) is 4. The van der Waals surface area contributed by atoms with Gasteiger partial charge in [0.15, 0.2) is 5.76 Å². The van der Waals surface area contributed by atoms with E-state index in [1.54, 1.807) is 41.3 Å².